The Bertz CT molecular complexity index is 636. The molecule has 0 aliphatic rings. The van der Waals surface area contributed by atoms with Crippen molar-refractivity contribution in [3.05, 3.63) is 36.1 Å². The van der Waals surface area contributed by atoms with Gasteiger partial charge in [-0.3, -0.25) is 15.0 Å². The third-order valence-corrected chi connectivity index (χ3v) is 2.69. The lowest BCUT2D eigenvalue weighted by atomic mass is 10.1. The molecule has 2 rings (SSSR count). The number of methoxy groups -OCH3 is 1. The fourth-order valence-electron chi connectivity index (χ4n) is 1.58. The fourth-order valence-corrected chi connectivity index (χ4v) is 1.58. The number of nitrogens with zero attached hydrogens (tertiary/aromatic N) is 1. The Morgan fingerprint density at radius 3 is 2.67 bits per heavy atom. The smallest absolute Gasteiger partial charge is 0.290 e. The summed E-state index contributed by atoms with van der Waals surface area (Å²) in [7, 11) is 1.57. The highest BCUT2D eigenvalue weighted by Gasteiger charge is 2.14. The maximum atomic E-state index is 11.7. The zero-order valence-corrected chi connectivity index (χ0v) is 11.3. The van der Waals surface area contributed by atoms with Crippen LogP contribution in [-0.2, 0) is 4.79 Å². The molecule has 1 heterocycles. The Morgan fingerprint density at radius 2 is 2.05 bits per heavy atom. The first kappa shape index (κ1) is 14.5. The second kappa shape index (κ2) is 6.53. The predicted octanol–water partition coefficient (Wildman–Crippen LogP) is 0.0699. The van der Waals surface area contributed by atoms with Gasteiger partial charge in [-0.1, -0.05) is 5.16 Å². The SMILES string of the molecule is COc1ccc(-c2cc(C(=O)NCC(=O)NN)on2)cc1. The van der Waals surface area contributed by atoms with E-state index in [4.69, 9.17) is 15.1 Å². The van der Waals surface area contributed by atoms with Crippen LogP contribution in [0.3, 0.4) is 0 Å². The molecule has 4 N–H and O–H groups in total. The highest BCUT2D eigenvalue weighted by Crippen LogP contribution is 2.21. The summed E-state index contributed by atoms with van der Waals surface area (Å²) in [4.78, 5) is 22.7. The van der Waals surface area contributed by atoms with Crippen LogP contribution in [0.15, 0.2) is 34.9 Å². The van der Waals surface area contributed by atoms with Gasteiger partial charge < -0.3 is 14.6 Å². The first-order valence-electron chi connectivity index (χ1n) is 6.03. The minimum Gasteiger partial charge on any atom is -0.497 e. The number of nitrogens with one attached hydrogen (secondary N) is 2. The summed E-state index contributed by atoms with van der Waals surface area (Å²) in [6.07, 6.45) is 0. The molecule has 0 fully saturated rings. The number of hydrogen-bond acceptors (Lipinski definition) is 6. The monoisotopic (exact) mass is 290 g/mol. The van der Waals surface area contributed by atoms with Gasteiger partial charge >= 0.3 is 0 Å². The molecule has 0 unspecified atom stereocenters. The van der Waals surface area contributed by atoms with Gasteiger partial charge in [0.25, 0.3) is 11.8 Å². The lowest BCUT2D eigenvalue weighted by molar-refractivity contribution is -0.120. The maximum Gasteiger partial charge on any atom is 0.290 e. The van der Waals surface area contributed by atoms with Gasteiger partial charge in [0.2, 0.25) is 5.76 Å². The van der Waals surface area contributed by atoms with Crippen molar-refractivity contribution >= 4 is 11.8 Å². The number of rotatable bonds is 5. The third kappa shape index (κ3) is 3.57. The standard InChI is InChI=1S/C13H14N4O4/c1-20-9-4-2-8(3-5-9)10-6-11(21-17-10)13(19)15-7-12(18)16-14/h2-6H,7,14H2,1H3,(H,15,19)(H,16,18). The summed E-state index contributed by atoms with van der Waals surface area (Å²) < 4.78 is 10.0. The van der Waals surface area contributed by atoms with E-state index < -0.39 is 11.8 Å². The van der Waals surface area contributed by atoms with E-state index in [1.807, 2.05) is 5.43 Å². The van der Waals surface area contributed by atoms with Gasteiger partial charge in [-0.2, -0.15) is 0 Å². The quantitative estimate of drug-likeness (QED) is 0.407. The maximum absolute atomic E-state index is 11.7. The summed E-state index contributed by atoms with van der Waals surface area (Å²) in [6, 6.07) is 8.61. The van der Waals surface area contributed by atoms with Gasteiger partial charge in [-0.05, 0) is 24.3 Å². The van der Waals surface area contributed by atoms with Gasteiger partial charge in [-0.15, -0.1) is 0 Å². The van der Waals surface area contributed by atoms with Crippen LogP contribution in [0, 0.1) is 0 Å². The lowest BCUT2D eigenvalue weighted by Crippen LogP contribution is -2.40. The highest BCUT2D eigenvalue weighted by molar-refractivity contribution is 5.94. The molecule has 8 nitrogen and oxygen atoms in total. The molecule has 110 valence electrons. The lowest BCUT2D eigenvalue weighted by Gasteiger charge is -2.00. The van der Waals surface area contributed by atoms with E-state index in [0.717, 1.165) is 5.56 Å². The van der Waals surface area contributed by atoms with Crippen molar-refractivity contribution in [1.82, 2.24) is 15.9 Å². The molecule has 1 aromatic heterocycles. The average molecular weight is 290 g/mol. The second-order valence-corrected chi connectivity index (χ2v) is 4.06. The summed E-state index contributed by atoms with van der Waals surface area (Å²) >= 11 is 0. The summed E-state index contributed by atoms with van der Waals surface area (Å²) in [6.45, 7) is -0.242. The third-order valence-electron chi connectivity index (χ3n) is 2.69. The molecule has 0 saturated heterocycles. The van der Waals surface area contributed by atoms with Gasteiger partial charge in [0.05, 0.1) is 13.7 Å². The zero-order chi connectivity index (χ0) is 15.2. The van der Waals surface area contributed by atoms with Gasteiger partial charge in [0.15, 0.2) is 0 Å². The Hall–Kier alpha value is -2.87. The number of carbonyl (C=O) groups excluding carboxylic acids is 2. The van der Waals surface area contributed by atoms with Crippen LogP contribution < -0.4 is 21.3 Å². The number of nitrogens with two attached hydrogens (primary N) is 1. The topological polar surface area (TPSA) is 119 Å². The van der Waals surface area contributed by atoms with E-state index in [1.165, 1.54) is 6.07 Å². The van der Waals surface area contributed by atoms with Crippen LogP contribution in [0.25, 0.3) is 11.3 Å². The van der Waals surface area contributed by atoms with Crippen molar-refractivity contribution in [2.75, 3.05) is 13.7 Å². The van der Waals surface area contributed by atoms with Crippen LogP contribution in [0.5, 0.6) is 5.75 Å². The molecule has 0 spiro atoms. The van der Waals surface area contributed by atoms with E-state index in [-0.39, 0.29) is 12.3 Å². The predicted molar refractivity (Wildman–Crippen MR) is 73.2 cm³/mol. The first-order chi connectivity index (χ1) is 10.1. The molecule has 0 aliphatic carbocycles. The number of benzene rings is 1. The number of aromatic nitrogens is 1. The first-order valence-corrected chi connectivity index (χ1v) is 6.03. The summed E-state index contributed by atoms with van der Waals surface area (Å²) in [5.74, 6) is 4.56. The average Bonchev–Trinajstić information content (AvgIpc) is 3.02. The molecule has 0 atom stereocenters. The van der Waals surface area contributed by atoms with Crippen LogP contribution in [0.2, 0.25) is 0 Å². The highest BCUT2D eigenvalue weighted by atomic mass is 16.5. The molecule has 0 saturated carbocycles. The molecule has 8 heteroatoms. The summed E-state index contributed by atoms with van der Waals surface area (Å²) in [5, 5.41) is 6.16. The van der Waals surface area contributed by atoms with Crippen molar-refractivity contribution in [3.8, 4) is 17.0 Å². The molecule has 0 bridgehead atoms. The molecular weight excluding hydrogens is 276 g/mol. The van der Waals surface area contributed by atoms with Crippen LogP contribution in [0.4, 0.5) is 0 Å². The fraction of sp³-hybridized carbons (Fsp3) is 0.154. The Morgan fingerprint density at radius 1 is 1.33 bits per heavy atom. The molecule has 1 aromatic carbocycles. The Labute approximate surface area is 120 Å². The number of ether oxygens (including phenoxy) is 1. The molecule has 0 aliphatic heterocycles. The molecule has 2 amide bonds. The molecule has 21 heavy (non-hydrogen) atoms. The van der Waals surface area contributed by atoms with Gasteiger partial charge in [0.1, 0.15) is 11.4 Å². The van der Waals surface area contributed by atoms with E-state index >= 15 is 0 Å². The number of hydrazine groups is 1. The Balaban J connectivity index is 2.06. The van der Waals surface area contributed by atoms with Crippen molar-refractivity contribution in [2.45, 2.75) is 0 Å². The molecule has 2 aromatic rings. The minimum atomic E-state index is -0.550. The normalized spacial score (nSPS) is 10.0. The van der Waals surface area contributed by atoms with E-state index in [0.29, 0.717) is 11.4 Å². The van der Waals surface area contributed by atoms with Gasteiger partial charge in [-0.25, -0.2) is 5.84 Å². The molecule has 0 radical (unpaired) electrons. The number of carbonyl (C=O) groups is 2. The number of amides is 2. The van der Waals surface area contributed by atoms with Crippen molar-refractivity contribution in [1.29, 1.82) is 0 Å². The van der Waals surface area contributed by atoms with E-state index in [2.05, 4.69) is 10.5 Å². The van der Waals surface area contributed by atoms with E-state index in [9.17, 15) is 9.59 Å². The van der Waals surface area contributed by atoms with Crippen molar-refractivity contribution in [3.63, 3.8) is 0 Å². The zero-order valence-electron chi connectivity index (χ0n) is 11.3. The van der Waals surface area contributed by atoms with Crippen LogP contribution in [-0.4, -0.2) is 30.6 Å². The second-order valence-electron chi connectivity index (χ2n) is 4.06. The summed E-state index contributed by atoms with van der Waals surface area (Å²) in [5.41, 5.74) is 3.18. The largest absolute Gasteiger partial charge is 0.497 e. The van der Waals surface area contributed by atoms with E-state index in [1.54, 1.807) is 31.4 Å². The number of hydrogen-bond donors (Lipinski definition) is 3. The Kier molecular flexibility index (Phi) is 4.52. The van der Waals surface area contributed by atoms with Crippen molar-refractivity contribution in [2.24, 2.45) is 5.84 Å². The minimum absolute atomic E-state index is 0.00522. The van der Waals surface area contributed by atoms with Crippen LogP contribution in [0.1, 0.15) is 10.6 Å². The van der Waals surface area contributed by atoms with Gasteiger partial charge in [0, 0.05) is 11.6 Å². The van der Waals surface area contributed by atoms with Crippen molar-refractivity contribution < 1.29 is 18.8 Å². The molecular formula is C13H14N4O4. The van der Waals surface area contributed by atoms with Crippen LogP contribution >= 0.6 is 0 Å².